The summed E-state index contributed by atoms with van der Waals surface area (Å²) < 4.78 is 16.6. The Morgan fingerprint density at radius 1 is 1.06 bits per heavy atom. The van der Waals surface area contributed by atoms with Crippen LogP contribution in [0.4, 0.5) is 0 Å². The fourth-order valence-corrected chi connectivity index (χ4v) is 4.34. The number of rotatable bonds is 4. The molecule has 1 fully saturated rings. The van der Waals surface area contributed by atoms with Gasteiger partial charge in [0.1, 0.15) is 13.2 Å². The summed E-state index contributed by atoms with van der Waals surface area (Å²) in [4.78, 5) is 41.9. The number of carbonyl (C=O) groups is 2. The van der Waals surface area contributed by atoms with Gasteiger partial charge >= 0.3 is 5.97 Å². The zero-order valence-corrected chi connectivity index (χ0v) is 17.3. The molecular formula is C24H22N2O6. The fourth-order valence-electron chi connectivity index (χ4n) is 4.34. The van der Waals surface area contributed by atoms with Crippen LogP contribution in [0.1, 0.15) is 34.8 Å². The van der Waals surface area contributed by atoms with Crippen LogP contribution in [0.25, 0.3) is 10.9 Å². The first kappa shape index (κ1) is 20.1. The first-order valence-electron chi connectivity index (χ1n) is 10.6. The van der Waals surface area contributed by atoms with E-state index in [0.717, 1.165) is 18.4 Å². The number of nitrogens with one attached hydrogen (secondary N) is 1. The number of likely N-dealkylation sites (tertiary alicyclic amines) is 1. The molecule has 3 heterocycles. The molecule has 0 saturated carbocycles. The van der Waals surface area contributed by atoms with E-state index in [1.807, 2.05) is 18.2 Å². The van der Waals surface area contributed by atoms with Gasteiger partial charge in [-0.05, 0) is 36.6 Å². The van der Waals surface area contributed by atoms with E-state index in [2.05, 4.69) is 4.98 Å². The number of carbonyl (C=O) groups excluding carboxylic acids is 2. The Bertz CT molecular complexity index is 1250. The number of pyridine rings is 1. The van der Waals surface area contributed by atoms with Crippen molar-refractivity contribution >= 4 is 22.8 Å². The molecule has 164 valence electrons. The van der Waals surface area contributed by atoms with Crippen molar-refractivity contribution in [3.8, 4) is 11.5 Å². The minimum Gasteiger partial charge on any atom is -0.486 e. The van der Waals surface area contributed by atoms with Crippen molar-refractivity contribution in [1.82, 2.24) is 9.88 Å². The van der Waals surface area contributed by atoms with Crippen LogP contribution in [-0.4, -0.2) is 48.1 Å². The summed E-state index contributed by atoms with van der Waals surface area (Å²) in [6, 6.07) is 13.8. The van der Waals surface area contributed by atoms with E-state index in [-0.39, 0.29) is 24.1 Å². The Hall–Kier alpha value is -3.81. The molecule has 2 aromatic carbocycles. The number of benzene rings is 2. The smallest absolute Gasteiger partial charge is 0.339 e. The molecule has 0 bridgehead atoms. The lowest BCUT2D eigenvalue weighted by Gasteiger charge is -2.26. The van der Waals surface area contributed by atoms with Gasteiger partial charge in [-0.25, -0.2) is 4.79 Å². The topological polar surface area (TPSA) is 97.9 Å². The Labute approximate surface area is 183 Å². The van der Waals surface area contributed by atoms with Gasteiger partial charge in [-0.1, -0.05) is 24.3 Å². The number of aromatic nitrogens is 1. The van der Waals surface area contributed by atoms with Gasteiger partial charge in [0, 0.05) is 23.5 Å². The Balaban J connectivity index is 1.30. The lowest BCUT2D eigenvalue weighted by molar-refractivity contribution is -0.135. The van der Waals surface area contributed by atoms with Crippen LogP contribution in [0, 0.1) is 0 Å². The second-order valence-electron chi connectivity index (χ2n) is 7.82. The van der Waals surface area contributed by atoms with Crippen LogP contribution in [0.2, 0.25) is 0 Å². The highest BCUT2D eigenvalue weighted by atomic mass is 16.6. The maximum Gasteiger partial charge on any atom is 0.339 e. The molecule has 8 heteroatoms. The molecule has 1 aromatic heterocycles. The number of esters is 1. The van der Waals surface area contributed by atoms with Crippen molar-refractivity contribution in [3.63, 3.8) is 0 Å². The second-order valence-corrected chi connectivity index (χ2v) is 7.82. The molecule has 8 nitrogen and oxygen atoms in total. The van der Waals surface area contributed by atoms with Gasteiger partial charge in [-0.15, -0.1) is 0 Å². The van der Waals surface area contributed by atoms with Crippen molar-refractivity contribution in [1.29, 1.82) is 0 Å². The number of hydrogen-bond acceptors (Lipinski definition) is 6. The van der Waals surface area contributed by atoms with Gasteiger partial charge in [0.25, 0.3) is 5.91 Å². The van der Waals surface area contributed by atoms with Gasteiger partial charge in [-0.3, -0.25) is 9.59 Å². The van der Waals surface area contributed by atoms with Gasteiger partial charge in [-0.2, -0.15) is 0 Å². The molecule has 0 spiro atoms. The summed E-state index contributed by atoms with van der Waals surface area (Å²) in [7, 11) is 0. The molecule has 1 N–H and O–H groups in total. The standard InChI is InChI=1S/C24H22N2O6/c27-22-13-17(16-4-1-2-5-18(16)25-22)24(29)32-14-23(28)26-9-3-6-19(26)15-7-8-20-21(12-15)31-11-10-30-20/h1-2,4-5,7-8,12-13,19H,3,6,9-11,14H2,(H,25,27). The molecule has 32 heavy (non-hydrogen) atoms. The molecule has 1 unspecified atom stereocenters. The monoisotopic (exact) mass is 434 g/mol. The third-order valence-electron chi connectivity index (χ3n) is 5.82. The number of para-hydroxylation sites is 1. The molecule has 0 radical (unpaired) electrons. The second kappa shape index (κ2) is 8.37. The minimum atomic E-state index is -0.698. The third kappa shape index (κ3) is 3.79. The van der Waals surface area contributed by atoms with Crippen LogP contribution >= 0.6 is 0 Å². The lowest BCUT2D eigenvalue weighted by atomic mass is 10.0. The number of fused-ring (bicyclic) bond motifs is 2. The number of amides is 1. The van der Waals surface area contributed by atoms with Crippen LogP contribution in [0.3, 0.4) is 0 Å². The molecule has 0 aliphatic carbocycles. The van der Waals surface area contributed by atoms with Crippen LogP contribution < -0.4 is 15.0 Å². The predicted molar refractivity (Wildman–Crippen MR) is 116 cm³/mol. The highest BCUT2D eigenvalue weighted by molar-refractivity contribution is 6.03. The molecule has 1 amide bonds. The molecule has 3 aromatic rings. The molecule has 1 saturated heterocycles. The predicted octanol–water partition coefficient (Wildman–Crippen LogP) is 2.82. The fraction of sp³-hybridized carbons (Fsp3) is 0.292. The quantitative estimate of drug-likeness (QED) is 0.634. The van der Waals surface area contributed by atoms with Gasteiger partial charge in [0.15, 0.2) is 18.1 Å². The third-order valence-corrected chi connectivity index (χ3v) is 5.82. The van der Waals surface area contributed by atoms with Gasteiger partial charge < -0.3 is 24.1 Å². The number of aromatic amines is 1. The number of H-pyrrole nitrogens is 1. The molecular weight excluding hydrogens is 412 g/mol. The normalized spacial score (nSPS) is 17.4. The van der Waals surface area contributed by atoms with Crippen LogP contribution in [0.5, 0.6) is 11.5 Å². The summed E-state index contributed by atoms with van der Waals surface area (Å²) in [6.45, 7) is 1.22. The van der Waals surface area contributed by atoms with E-state index in [9.17, 15) is 14.4 Å². The maximum atomic E-state index is 12.9. The Morgan fingerprint density at radius 3 is 2.75 bits per heavy atom. The summed E-state index contributed by atoms with van der Waals surface area (Å²) in [6.07, 6.45) is 1.68. The van der Waals surface area contributed by atoms with Crippen LogP contribution in [-0.2, 0) is 9.53 Å². The number of nitrogens with zero attached hydrogens (tertiary/aromatic N) is 1. The summed E-state index contributed by atoms with van der Waals surface area (Å²) in [5.74, 6) is 0.413. The largest absolute Gasteiger partial charge is 0.486 e. The van der Waals surface area contributed by atoms with E-state index in [1.165, 1.54) is 6.07 Å². The molecule has 1 atom stereocenters. The van der Waals surface area contributed by atoms with E-state index in [1.54, 1.807) is 29.2 Å². The zero-order valence-electron chi connectivity index (χ0n) is 17.3. The van der Waals surface area contributed by atoms with E-state index >= 15 is 0 Å². The van der Waals surface area contributed by atoms with Crippen molar-refractivity contribution in [2.24, 2.45) is 0 Å². The molecule has 5 rings (SSSR count). The SMILES string of the molecule is O=C(OCC(=O)N1CCCC1c1ccc2c(c1)OCCO2)c1cc(=O)[nH]c2ccccc12. The van der Waals surface area contributed by atoms with Crippen molar-refractivity contribution in [2.75, 3.05) is 26.4 Å². The van der Waals surface area contributed by atoms with E-state index in [0.29, 0.717) is 42.2 Å². The average Bonchev–Trinajstić information content (AvgIpc) is 3.31. The summed E-state index contributed by atoms with van der Waals surface area (Å²) in [5, 5.41) is 0.569. The zero-order chi connectivity index (χ0) is 22.1. The van der Waals surface area contributed by atoms with E-state index in [4.69, 9.17) is 14.2 Å². The average molecular weight is 434 g/mol. The lowest BCUT2D eigenvalue weighted by Crippen LogP contribution is -2.34. The van der Waals surface area contributed by atoms with Crippen molar-refractivity contribution in [2.45, 2.75) is 18.9 Å². The highest BCUT2D eigenvalue weighted by Crippen LogP contribution is 2.38. The molecule has 2 aliphatic rings. The molecule has 2 aliphatic heterocycles. The Kier molecular flexibility index (Phi) is 5.26. The van der Waals surface area contributed by atoms with Crippen LogP contribution in [0.15, 0.2) is 53.3 Å². The van der Waals surface area contributed by atoms with Crippen molar-refractivity contribution < 1.29 is 23.8 Å². The summed E-state index contributed by atoms with van der Waals surface area (Å²) in [5.41, 5.74) is 1.24. The summed E-state index contributed by atoms with van der Waals surface area (Å²) >= 11 is 0. The van der Waals surface area contributed by atoms with Gasteiger partial charge in [0.05, 0.1) is 11.6 Å². The highest BCUT2D eigenvalue weighted by Gasteiger charge is 2.31. The van der Waals surface area contributed by atoms with Crippen molar-refractivity contribution in [3.05, 3.63) is 70.0 Å². The maximum absolute atomic E-state index is 12.9. The minimum absolute atomic E-state index is 0.113. The first-order chi connectivity index (χ1) is 15.6. The Morgan fingerprint density at radius 2 is 1.88 bits per heavy atom. The van der Waals surface area contributed by atoms with E-state index < -0.39 is 11.5 Å². The number of ether oxygens (including phenoxy) is 3. The first-order valence-corrected chi connectivity index (χ1v) is 10.6. The van der Waals surface area contributed by atoms with Gasteiger partial charge in [0.2, 0.25) is 5.56 Å². The number of hydrogen-bond donors (Lipinski definition) is 1.